The Balaban J connectivity index is 1.95. The van der Waals surface area contributed by atoms with Crippen molar-refractivity contribution in [3.05, 3.63) is 65.0 Å². The van der Waals surface area contributed by atoms with Crippen LogP contribution in [0.4, 0.5) is 0 Å². The number of hydrogen-bond donors (Lipinski definition) is 1. The van der Waals surface area contributed by atoms with Gasteiger partial charge in [0.25, 0.3) is 0 Å². The summed E-state index contributed by atoms with van der Waals surface area (Å²) in [5, 5.41) is 0. The zero-order chi connectivity index (χ0) is 15.0. The van der Waals surface area contributed by atoms with Crippen LogP contribution in [0.3, 0.4) is 0 Å². The first-order valence-electron chi connectivity index (χ1n) is 7.29. The maximum Gasteiger partial charge on any atom is 0.0958 e. The van der Waals surface area contributed by atoms with Gasteiger partial charge in [-0.2, -0.15) is 0 Å². The number of benzene rings is 2. The number of nitrogens with zero attached hydrogens (tertiary/aromatic N) is 2. The van der Waals surface area contributed by atoms with Crippen LogP contribution in [0.1, 0.15) is 28.3 Å². The first-order chi connectivity index (χ1) is 10.1. The molecule has 1 atom stereocenters. The SMILES string of the molecule is Cc1cc(C)c(C(N)Cn2cnc3ccccc32)c(C)c1. The molecule has 0 aliphatic rings. The lowest BCUT2D eigenvalue weighted by Crippen LogP contribution is -2.19. The number of hydrogen-bond acceptors (Lipinski definition) is 2. The van der Waals surface area contributed by atoms with Crippen LogP contribution in [0, 0.1) is 20.8 Å². The third-order valence-electron chi connectivity index (χ3n) is 4.03. The van der Waals surface area contributed by atoms with Crippen molar-refractivity contribution in [1.82, 2.24) is 9.55 Å². The highest BCUT2D eigenvalue weighted by Gasteiger charge is 2.14. The van der Waals surface area contributed by atoms with Crippen LogP contribution < -0.4 is 5.73 Å². The summed E-state index contributed by atoms with van der Waals surface area (Å²) in [5.74, 6) is 0. The van der Waals surface area contributed by atoms with Crippen molar-refractivity contribution in [2.24, 2.45) is 5.73 Å². The van der Waals surface area contributed by atoms with Crippen LogP contribution in [-0.2, 0) is 6.54 Å². The highest BCUT2D eigenvalue weighted by Crippen LogP contribution is 2.24. The predicted octanol–water partition coefficient (Wildman–Crippen LogP) is 3.66. The van der Waals surface area contributed by atoms with E-state index < -0.39 is 0 Å². The predicted molar refractivity (Wildman–Crippen MR) is 87.3 cm³/mol. The molecule has 3 heteroatoms. The first-order valence-corrected chi connectivity index (χ1v) is 7.29. The zero-order valence-corrected chi connectivity index (χ0v) is 12.8. The fourth-order valence-corrected chi connectivity index (χ4v) is 3.24. The van der Waals surface area contributed by atoms with E-state index in [9.17, 15) is 0 Å². The Bertz CT molecular complexity index is 763. The van der Waals surface area contributed by atoms with Crippen molar-refractivity contribution in [1.29, 1.82) is 0 Å². The second kappa shape index (κ2) is 5.34. The van der Waals surface area contributed by atoms with E-state index in [4.69, 9.17) is 5.73 Å². The Morgan fingerprint density at radius 2 is 1.76 bits per heavy atom. The van der Waals surface area contributed by atoms with Gasteiger partial charge in [0.05, 0.1) is 17.4 Å². The monoisotopic (exact) mass is 279 g/mol. The van der Waals surface area contributed by atoms with Crippen LogP contribution in [0.2, 0.25) is 0 Å². The van der Waals surface area contributed by atoms with Gasteiger partial charge in [-0.05, 0) is 49.6 Å². The van der Waals surface area contributed by atoms with Gasteiger partial charge in [0, 0.05) is 12.6 Å². The van der Waals surface area contributed by atoms with E-state index in [1.807, 2.05) is 24.5 Å². The fourth-order valence-electron chi connectivity index (χ4n) is 3.24. The lowest BCUT2D eigenvalue weighted by Gasteiger charge is -2.19. The Hall–Kier alpha value is -2.13. The minimum Gasteiger partial charge on any atom is -0.329 e. The summed E-state index contributed by atoms with van der Waals surface area (Å²) < 4.78 is 2.14. The van der Waals surface area contributed by atoms with E-state index in [0.717, 1.165) is 17.6 Å². The lowest BCUT2D eigenvalue weighted by molar-refractivity contribution is 0.583. The van der Waals surface area contributed by atoms with Crippen LogP contribution in [0.25, 0.3) is 11.0 Å². The molecule has 1 aromatic heterocycles. The number of rotatable bonds is 3. The van der Waals surface area contributed by atoms with E-state index in [1.165, 1.54) is 22.3 Å². The van der Waals surface area contributed by atoms with Crippen molar-refractivity contribution >= 4 is 11.0 Å². The van der Waals surface area contributed by atoms with Crippen molar-refractivity contribution in [3.63, 3.8) is 0 Å². The topological polar surface area (TPSA) is 43.8 Å². The molecule has 108 valence electrons. The van der Waals surface area contributed by atoms with Crippen molar-refractivity contribution in [2.45, 2.75) is 33.4 Å². The number of aromatic nitrogens is 2. The molecule has 21 heavy (non-hydrogen) atoms. The standard InChI is InChI=1S/C18H21N3/c1-12-8-13(2)18(14(3)9-12)15(19)10-21-11-20-16-6-4-5-7-17(16)21/h4-9,11,15H,10,19H2,1-3H3. The molecule has 3 nitrogen and oxygen atoms in total. The summed E-state index contributed by atoms with van der Waals surface area (Å²) in [5.41, 5.74) is 13.7. The molecule has 2 N–H and O–H groups in total. The van der Waals surface area contributed by atoms with Crippen molar-refractivity contribution in [3.8, 4) is 0 Å². The molecule has 0 aliphatic heterocycles. The number of nitrogens with two attached hydrogens (primary N) is 1. The first kappa shape index (κ1) is 13.8. The summed E-state index contributed by atoms with van der Waals surface area (Å²) in [4.78, 5) is 4.43. The minimum atomic E-state index is -0.0248. The molecule has 0 saturated heterocycles. The molecule has 0 bridgehead atoms. The zero-order valence-electron chi connectivity index (χ0n) is 12.8. The molecule has 1 unspecified atom stereocenters. The maximum atomic E-state index is 6.48. The molecule has 0 spiro atoms. The average molecular weight is 279 g/mol. The molecule has 2 aromatic carbocycles. The van der Waals surface area contributed by atoms with E-state index in [0.29, 0.717) is 0 Å². The van der Waals surface area contributed by atoms with Gasteiger partial charge >= 0.3 is 0 Å². The normalized spacial score (nSPS) is 12.8. The summed E-state index contributed by atoms with van der Waals surface area (Å²) in [6, 6.07) is 12.5. The molecule has 3 aromatic rings. The summed E-state index contributed by atoms with van der Waals surface area (Å²) in [6.45, 7) is 7.15. The highest BCUT2D eigenvalue weighted by molar-refractivity contribution is 5.74. The molecule has 0 fully saturated rings. The van der Waals surface area contributed by atoms with Gasteiger partial charge in [-0.25, -0.2) is 4.98 Å². The number of para-hydroxylation sites is 2. The average Bonchev–Trinajstić information content (AvgIpc) is 2.81. The maximum absolute atomic E-state index is 6.48. The van der Waals surface area contributed by atoms with Gasteiger partial charge in [-0.3, -0.25) is 0 Å². The number of aryl methyl sites for hydroxylation is 3. The van der Waals surface area contributed by atoms with Gasteiger partial charge in [0.15, 0.2) is 0 Å². The Kier molecular flexibility index (Phi) is 3.52. The molecule has 0 aliphatic carbocycles. The van der Waals surface area contributed by atoms with Gasteiger partial charge in [-0.1, -0.05) is 29.8 Å². The van der Waals surface area contributed by atoms with Gasteiger partial charge in [0.1, 0.15) is 0 Å². The molecular formula is C18H21N3. The molecule has 0 amide bonds. The van der Waals surface area contributed by atoms with Gasteiger partial charge < -0.3 is 10.3 Å². The van der Waals surface area contributed by atoms with E-state index >= 15 is 0 Å². The van der Waals surface area contributed by atoms with Crippen molar-refractivity contribution in [2.75, 3.05) is 0 Å². The number of imidazole rings is 1. The van der Waals surface area contributed by atoms with Crippen LogP contribution in [0.15, 0.2) is 42.7 Å². The van der Waals surface area contributed by atoms with Crippen molar-refractivity contribution < 1.29 is 0 Å². The second-order valence-electron chi connectivity index (χ2n) is 5.80. The molecular weight excluding hydrogens is 258 g/mol. The molecule has 0 saturated carbocycles. The molecule has 1 heterocycles. The Morgan fingerprint density at radius 3 is 2.48 bits per heavy atom. The van der Waals surface area contributed by atoms with E-state index in [-0.39, 0.29) is 6.04 Å². The largest absolute Gasteiger partial charge is 0.329 e. The van der Waals surface area contributed by atoms with Gasteiger partial charge in [-0.15, -0.1) is 0 Å². The highest BCUT2D eigenvalue weighted by atomic mass is 15.1. The van der Waals surface area contributed by atoms with Crippen LogP contribution in [0.5, 0.6) is 0 Å². The van der Waals surface area contributed by atoms with Crippen LogP contribution in [-0.4, -0.2) is 9.55 Å². The fraction of sp³-hybridized carbons (Fsp3) is 0.278. The minimum absolute atomic E-state index is 0.0248. The Labute approximate surface area is 125 Å². The summed E-state index contributed by atoms with van der Waals surface area (Å²) in [7, 11) is 0. The third-order valence-corrected chi connectivity index (χ3v) is 4.03. The third kappa shape index (κ3) is 2.57. The molecule has 0 radical (unpaired) electrons. The van der Waals surface area contributed by atoms with Gasteiger partial charge in [0.2, 0.25) is 0 Å². The molecule has 3 rings (SSSR count). The second-order valence-corrected chi connectivity index (χ2v) is 5.80. The quantitative estimate of drug-likeness (QED) is 0.795. The summed E-state index contributed by atoms with van der Waals surface area (Å²) in [6.07, 6.45) is 1.88. The smallest absolute Gasteiger partial charge is 0.0958 e. The van der Waals surface area contributed by atoms with E-state index in [2.05, 4.69) is 48.5 Å². The lowest BCUT2D eigenvalue weighted by atomic mass is 9.94. The number of fused-ring (bicyclic) bond motifs is 1. The Morgan fingerprint density at radius 1 is 1.10 bits per heavy atom. The van der Waals surface area contributed by atoms with E-state index in [1.54, 1.807) is 0 Å². The summed E-state index contributed by atoms with van der Waals surface area (Å²) >= 11 is 0. The van der Waals surface area contributed by atoms with Crippen LogP contribution >= 0.6 is 0 Å².